The van der Waals surface area contributed by atoms with Crippen molar-refractivity contribution in [3.8, 4) is 5.75 Å². The molecule has 0 aromatic heterocycles. The fourth-order valence-corrected chi connectivity index (χ4v) is 2.97. The second-order valence-electron chi connectivity index (χ2n) is 5.16. The van der Waals surface area contributed by atoms with Gasteiger partial charge in [-0.2, -0.15) is 0 Å². The number of carbonyl (C=O) groups excluding carboxylic acids is 1. The molecule has 0 aliphatic rings. The van der Waals surface area contributed by atoms with Crippen LogP contribution in [0.2, 0.25) is 0 Å². The standard InChI is InChI=1S/C17H19NO4S/c1-18(12-13-22-14-8-4-3-5-9-14)17(19)15-10-6-7-11-16(15)23(2,20)21/h3-11H,12-13H2,1-2H3. The molecule has 0 radical (unpaired) electrons. The molecular weight excluding hydrogens is 314 g/mol. The van der Waals surface area contributed by atoms with Gasteiger partial charge in [-0.05, 0) is 24.3 Å². The molecule has 0 fully saturated rings. The number of sulfone groups is 1. The zero-order valence-electron chi connectivity index (χ0n) is 13.1. The van der Waals surface area contributed by atoms with Crippen LogP contribution < -0.4 is 4.74 Å². The van der Waals surface area contributed by atoms with Crippen LogP contribution in [-0.2, 0) is 9.84 Å². The summed E-state index contributed by atoms with van der Waals surface area (Å²) < 4.78 is 29.1. The highest BCUT2D eigenvalue weighted by Gasteiger charge is 2.20. The molecule has 0 spiro atoms. The van der Waals surface area contributed by atoms with Gasteiger partial charge in [0.25, 0.3) is 5.91 Å². The first kappa shape index (κ1) is 17.0. The third-order valence-electron chi connectivity index (χ3n) is 3.30. The van der Waals surface area contributed by atoms with Gasteiger partial charge in [-0.1, -0.05) is 30.3 Å². The first-order valence-electron chi connectivity index (χ1n) is 7.12. The summed E-state index contributed by atoms with van der Waals surface area (Å²) >= 11 is 0. The zero-order chi connectivity index (χ0) is 16.9. The summed E-state index contributed by atoms with van der Waals surface area (Å²) in [5, 5.41) is 0. The van der Waals surface area contributed by atoms with Crippen LogP contribution in [0.25, 0.3) is 0 Å². The molecule has 0 aliphatic carbocycles. The number of nitrogens with zero attached hydrogens (tertiary/aromatic N) is 1. The summed E-state index contributed by atoms with van der Waals surface area (Å²) in [5.74, 6) is 0.382. The summed E-state index contributed by atoms with van der Waals surface area (Å²) in [5.41, 5.74) is 0.178. The average molecular weight is 333 g/mol. The van der Waals surface area contributed by atoms with Gasteiger partial charge in [0.1, 0.15) is 12.4 Å². The van der Waals surface area contributed by atoms with Gasteiger partial charge >= 0.3 is 0 Å². The average Bonchev–Trinajstić information content (AvgIpc) is 2.54. The minimum atomic E-state index is -3.45. The Labute approximate surface area is 136 Å². The largest absolute Gasteiger partial charge is 0.492 e. The Morgan fingerprint density at radius 1 is 1.04 bits per heavy atom. The van der Waals surface area contributed by atoms with E-state index in [-0.39, 0.29) is 16.4 Å². The maximum Gasteiger partial charge on any atom is 0.255 e. The van der Waals surface area contributed by atoms with E-state index in [1.165, 1.54) is 17.0 Å². The molecule has 2 aromatic carbocycles. The number of para-hydroxylation sites is 1. The van der Waals surface area contributed by atoms with E-state index in [1.807, 2.05) is 30.3 Å². The zero-order valence-corrected chi connectivity index (χ0v) is 13.9. The van der Waals surface area contributed by atoms with Crippen molar-refractivity contribution in [3.05, 3.63) is 60.2 Å². The minimum absolute atomic E-state index is 0.0424. The Morgan fingerprint density at radius 3 is 2.30 bits per heavy atom. The van der Waals surface area contributed by atoms with Crippen molar-refractivity contribution in [2.75, 3.05) is 26.5 Å². The minimum Gasteiger partial charge on any atom is -0.492 e. The van der Waals surface area contributed by atoms with Gasteiger partial charge < -0.3 is 9.64 Å². The number of amides is 1. The van der Waals surface area contributed by atoms with Crippen LogP contribution >= 0.6 is 0 Å². The third-order valence-corrected chi connectivity index (χ3v) is 4.46. The molecule has 0 saturated carbocycles. The number of hydrogen-bond acceptors (Lipinski definition) is 4. The van der Waals surface area contributed by atoms with Crippen molar-refractivity contribution in [1.82, 2.24) is 4.90 Å². The van der Waals surface area contributed by atoms with Crippen LogP contribution in [0.3, 0.4) is 0 Å². The summed E-state index contributed by atoms with van der Waals surface area (Å²) in [4.78, 5) is 14.0. The lowest BCUT2D eigenvalue weighted by Crippen LogP contribution is -2.31. The van der Waals surface area contributed by atoms with Crippen molar-refractivity contribution in [2.24, 2.45) is 0 Å². The molecule has 0 saturated heterocycles. The summed E-state index contributed by atoms with van der Waals surface area (Å²) in [7, 11) is -1.83. The second kappa shape index (κ2) is 7.28. The molecule has 5 nitrogen and oxygen atoms in total. The van der Waals surface area contributed by atoms with E-state index >= 15 is 0 Å². The first-order valence-corrected chi connectivity index (χ1v) is 9.01. The SMILES string of the molecule is CN(CCOc1ccccc1)C(=O)c1ccccc1S(C)(=O)=O. The van der Waals surface area contributed by atoms with Crippen molar-refractivity contribution in [3.63, 3.8) is 0 Å². The topological polar surface area (TPSA) is 63.7 Å². The lowest BCUT2D eigenvalue weighted by Gasteiger charge is -2.19. The number of benzene rings is 2. The van der Waals surface area contributed by atoms with Crippen LogP contribution in [0.1, 0.15) is 10.4 Å². The predicted octanol–water partition coefficient (Wildman–Crippen LogP) is 2.24. The fourth-order valence-electron chi connectivity index (χ4n) is 2.09. The monoisotopic (exact) mass is 333 g/mol. The van der Waals surface area contributed by atoms with Crippen LogP contribution in [0.4, 0.5) is 0 Å². The lowest BCUT2D eigenvalue weighted by molar-refractivity contribution is 0.0770. The van der Waals surface area contributed by atoms with E-state index in [0.29, 0.717) is 13.2 Å². The summed E-state index contributed by atoms with van der Waals surface area (Å²) in [6.45, 7) is 0.680. The van der Waals surface area contributed by atoms with Crippen molar-refractivity contribution in [1.29, 1.82) is 0 Å². The highest BCUT2D eigenvalue weighted by Crippen LogP contribution is 2.17. The molecule has 1 amide bonds. The molecule has 0 heterocycles. The van der Waals surface area contributed by atoms with Gasteiger partial charge in [-0.25, -0.2) is 8.42 Å². The molecule has 2 rings (SSSR count). The van der Waals surface area contributed by atoms with E-state index in [4.69, 9.17) is 4.74 Å². The van der Waals surface area contributed by atoms with Crippen LogP contribution in [0.5, 0.6) is 5.75 Å². The molecule has 0 atom stereocenters. The van der Waals surface area contributed by atoms with E-state index in [0.717, 1.165) is 12.0 Å². The first-order chi connectivity index (χ1) is 10.9. The Bertz CT molecular complexity index is 772. The number of carbonyl (C=O) groups is 1. The van der Waals surface area contributed by atoms with E-state index in [2.05, 4.69) is 0 Å². The third kappa shape index (κ3) is 4.56. The van der Waals surface area contributed by atoms with E-state index in [1.54, 1.807) is 19.2 Å². The highest BCUT2D eigenvalue weighted by atomic mass is 32.2. The smallest absolute Gasteiger partial charge is 0.255 e. The molecule has 0 unspecified atom stereocenters. The van der Waals surface area contributed by atoms with Crippen LogP contribution in [-0.4, -0.2) is 45.7 Å². The highest BCUT2D eigenvalue weighted by molar-refractivity contribution is 7.90. The fraction of sp³-hybridized carbons (Fsp3) is 0.235. The number of rotatable bonds is 6. The Morgan fingerprint density at radius 2 is 1.65 bits per heavy atom. The molecule has 0 bridgehead atoms. The Balaban J connectivity index is 2.03. The molecular formula is C17H19NO4S. The van der Waals surface area contributed by atoms with Gasteiger partial charge in [0.2, 0.25) is 0 Å². The summed E-state index contributed by atoms with van der Waals surface area (Å²) in [6.07, 6.45) is 1.09. The van der Waals surface area contributed by atoms with E-state index in [9.17, 15) is 13.2 Å². The summed E-state index contributed by atoms with van der Waals surface area (Å²) in [6, 6.07) is 15.5. The van der Waals surface area contributed by atoms with Gasteiger partial charge in [0.05, 0.1) is 17.0 Å². The van der Waals surface area contributed by atoms with Crippen LogP contribution in [0, 0.1) is 0 Å². The van der Waals surface area contributed by atoms with Crippen molar-refractivity contribution in [2.45, 2.75) is 4.90 Å². The molecule has 6 heteroatoms. The molecule has 2 aromatic rings. The second-order valence-corrected chi connectivity index (χ2v) is 7.14. The normalized spacial score (nSPS) is 11.0. The molecule has 0 aliphatic heterocycles. The predicted molar refractivity (Wildman–Crippen MR) is 88.4 cm³/mol. The number of likely N-dealkylation sites (N-methyl/N-ethyl adjacent to an activating group) is 1. The van der Waals surface area contributed by atoms with Crippen molar-refractivity contribution >= 4 is 15.7 Å². The van der Waals surface area contributed by atoms with Gasteiger partial charge in [-0.15, -0.1) is 0 Å². The van der Waals surface area contributed by atoms with Gasteiger partial charge in [0, 0.05) is 13.3 Å². The molecule has 122 valence electrons. The quantitative estimate of drug-likeness (QED) is 0.813. The maximum absolute atomic E-state index is 12.5. The van der Waals surface area contributed by atoms with Crippen molar-refractivity contribution < 1.29 is 17.9 Å². The Kier molecular flexibility index (Phi) is 5.39. The number of ether oxygens (including phenoxy) is 1. The van der Waals surface area contributed by atoms with Gasteiger partial charge in [-0.3, -0.25) is 4.79 Å². The lowest BCUT2D eigenvalue weighted by atomic mass is 10.2. The van der Waals surface area contributed by atoms with Gasteiger partial charge in [0.15, 0.2) is 9.84 Å². The molecule has 23 heavy (non-hydrogen) atoms. The molecule has 0 N–H and O–H groups in total. The Hall–Kier alpha value is -2.34. The van der Waals surface area contributed by atoms with E-state index < -0.39 is 9.84 Å². The van der Waals surface area contributed by atoms with Crippen LogP contribution in [0.15, 0.2) is 59.5 Å². The maximum atomic E-state index is 12.5. The number of hydrogen-bond donors (Lipinski definition) is 0.